The van der Waals surface area contributed by atoms with E-state index in [1.165, 1.54) is 0 Å². The van der Waals surface area contributed by atoms with Crippen LogP contribution >= 0.6 is 0 Å². The molecular weight excluding hydrogens is 326 g/mol. The molecule has 0 aromatic heterocycles. The van der Waals surface area contributed by atoms with Crippen LogP contribution in [0.1, 0.15) is 26.3 Å². The lowest BCUT2D eigenvalue weighted by atomic mass is 10.1. The van der Waals surface area contributed by atoms with Crippen LogP contribution in [0.2, 0.25) is 0 Å². The Morgan fingerprint density at radius 2 is 1.42 bits per heavy atom. The van der Waals surface area contributed by atoms with E-state index in [2.05, 4.69) is 10.6 Å². The number of anilines is 3. The number of benzene rings is 3. The van der Waals surface area contributed by atoms with Crippen molar-refractivity contribution in [3.8, 4) is 0 Å². The van der Waals surface area contributed by atoms with E-state index < -0.39 is 0 Å². The van der Waals surface area contributed by atoms with Gasteiger partial charge in [-0.2, -0.15) is 0 Å². The summed E-state index contributed by atoms with van der Waals surface area (Å²) in [6.07, 6.45) is 0. The topological polar surface area (TPSA) is 84.2 Å². The molecule has 5 heteroatoms. The molecule has 26 heavy (non-hydrogen) atoms. The van der Waals surface area contributed by atoms with Gasteiger partial charge in [0.1, 0.15) is 0 Å². The SMILES string of the molecule is Cc1ccc(NC(=O)c2ccccc2NC(=O)c2ccc(N)cc2)cc1. The van der Waals surface area contributed by atoms with Gasteiger partial charge in [-0.1, -0.05) is 29.8 Å². The van der Waals surface area contributed by atoms with Crippen molar-refractivity contribution in [2.24, 2.45) is 0 Å². The maximum Gasteiger partial charge on any atom is 0.257 e. The second-order valence-electron chi connectivity index (χ2n) is 5.94. The molecular formula is C21H19N3O2. The maximum atomic E-state index is 12.6. The van der Waals surface area contributed by atoms with Crippen LogP contribution in [0.5, 0.6) is 0 Å². The molecule has 0 saturated carbocycles. The Morgan fingerprint density at radius 3 is 2.12 bits per heavy atom. The number of nitrogens with two attached hydrogens (primary N) is 1. The molecule has 4 N–H and O–H groups in total. The van der Waals surface area contributed by atoms with E-state index in [-0.39, 0.29) is 11.8 Å². The Morgan fingerprint density at radius 1 is 0.769 bits per heavy atom. The molecule has 0 aliphatic heterocycles. The van der Waals surface area contributed by atoms with Crippen molar-refractivity contribution >= 4 is 28.9 Å². The van der Waals surface area contributed by atoms with Crippen molar-refractivity contribution in [3.63, 3.8) is 0 Å². The number of rotatable bonds is 4. The van der Waals surface area contributed by atoms with E-state index in [0.717, 1.165) is 5.56 Å². The van der Waals surface area contributed by atoms with Crippen molar-refractivity contribution in [1.29, 1.82) is 0 Å². The Hall–Kier alpha value is -3.60. The highest BCUT2D eigenvalue weighted by Crippen LogP contribution is 2.19. The number of hydrogen-bond donors (Lipinski definition) is 3. The Kier molecular flexibility index (Phi) is 4.99. The molecule has 5 nitrogen and oxygen atoms in total. The van der Waals surface area contributed by atoms with Crippen LogP contribution in [0.4, 0.5) is 17.1 Å². The van der Waals surface area contributed by atoms with Gasteiger partial charge in [-0.3, -0.25) is 9.59 Å². The first-order valence-electron chi connectivity index (χ1n) is 8.17. The van der Waals surface area contributed by atoms with Crippen LogP contribution in [0.25, 0.3) is 0 Å². The van der Waals surface area contributed by atoms with E-state index in [9.17, 15) is 9.59 Å². The Bertz CT molecular complexity index is 932. The molecule has 0 spiro atoms. The van der Waals surface area contributed by atoms with Gasteiger partial charge in [0.15, 0.2) is 0 Å². The number of hydrogen-bond acceptors (Lipinski definition) is 3. The number of amides is 2. The number of nitrogens with one attached hydrogen (secondary N) is 2. The lowest BCUT2D eigenvalue weighted by molar-refractivity contribution is 0.102. The Labute approximate surface area is 151 Å². The number of carbonyl (C=O) groups excluding carboxylic acids is 2. The van der Waals surface area contributed by atoms with Gasteiger partial charge in [-0.05, 0) is 55.5 Å². The number of para-hydroxylation sites is 1. The van der Waals surface area contributed by atoms with Crippen LogP contribution in [0.15, 0.2) is 72.8 Å². The van der Waals surface area contributed by atoms with Crippen LogP contribution in [0, 0.1) is 6.92 Å². The van der Waals surface area contributed by atoms with Gasteiger partial charge >= 0.3 is 0 Å². The molecule has 3 aromatic rings. The zero-order valence-corrected chi connectivity index (χ0v) is 14.3. The first-order valence-corrected chi connectivity index (χ1v) is 8.17. The van der Waals surface area contributed by atoms with E-state index in [0.29, 0.717) is 28.2 Å². The fourth-order valence-electron chi connectivity index (χ4n) is 2.45. The summed E-state index contributed by atoms with van der Waals surface area (Å²) in [5, 5.41) is 5.62. The van der Waals surface area contributed by atoms with E-state index in [1.807, 2.05) is 31.2 Å². The molecule has 0 unspecified atom stereocenters. The minimum atomic E-state index is -0.305. The number of carbonyl (C=O) groups is 2. The van der Waals surface area contributed by atoms with Crippen LogP contribution < -0.4 is 16.4 Å². The molecule has 0 aliphatic carbocycles. The smallest absolute Gasteiger partial charge is 0.257 e. The van der Waals surface area contributed by atoms with Gasteiger partial charge in [0.2, 0.25) is 0 Å². The summed E-state index contributed by atoms with van der Waals surface area (Å²) in [4.78, 5) is 25.0. The van der Waals surface area contributed by atoms with E-state index >= 15 is 0 Å². The standard InChI is InChI=1S/C21H19N3O2/c1-14-6-12-17(13-7-14)23-21(26)18-4-2-3-5-19(18)24-20(25)15-8-10-16(22)11-9-15/h2-13H,22H2,1H3,(H,23,26)(H,24,25). The minimum Gasteiger partial charge on any atom is -0.399 e. The molecule has 0 atom stereocenters. The predicted molar refractivity (Wildman–Crippen MR) is 104 cm³/mol. The van der Waals surface area contributed by atoms with Crippen molar-refractivity contribution in [3.05, 3.63) is 89.5 Å². The highest BCUT2D eigenvalue weighted by molar-refractivity contribution is 6.12. The van der Waals surface area contributed by atoms with Gasteiger partial charge in [0, 0.05) is 16.9 Å². The molecule has 3 aromatic carbocycles. The highest BCUT2D eigenvalue weighted by atomic mass is 16.2. The molecule has 0 bridgehead atoms. The molecule has 0 aliphatic rings. The second-order valence-corrected chi connectivity index (χ2v) is 5.94. The van der Waals surface area contributed by atoms with Gasteiger partial charge in [-0.15, -0.1) is 0 Å². The van der Waals surface area contributed by atoms with Crippen molar-refractivity contribution in [2.45, 2.75) is 6.92 Å². The monoisotopic (exact) mass is 345 g/mol. The van der Waals surface area contributed by atoms with E-state index in [1.54, 1.807) is 48.5 Å². The lowest BCUT2D eigenvalue weighted by Gasteiger charge is -2.12. The zero-order chi connectivity index (χ0) is 18.5. The molecule has 2 amide bonds. The summed E-state index contributed by atoms with van der Waals surface area (Å²) in [5.41, 5.74) is 9.32. The number of aryl methyl sites for hydroxylation is 1. The zero-order valence-electron chi connectivity index (χ0n) is 14.3. The molecule has 0 fully saturated rings. The first-order chi connectivity index (χ1) is 12.5. The fraction of sp³-hybridized carbons (Fsp3) is 0.0476. The van der Waals surface area contributed by atoms with Crippen molar-refractivity contribution in [2.75, 3.05) is 16.4 Å². The average molecular weight is 345 g/mol. The summed E-state index contributed by atoms with van der Waals surface area (Å²) in [6.45, 7) is 1.98. The van der Waals surface area contributed by atoms with Crippen molar-refractivity contribution < 1.29 is 9.59 Å². The van der Waals surface area contributed by atoms with Crippen LogP contribution in [0.3, 0.4) is 0 Å². The van der Waals surface area contributed by atoms with Crippen molar-refractivity contribution in [1.82, 2.24) is 0 Å². The van der Waals surface area contributed by atoms with Crippen LogP contribution in [-0.2, 0) is 0 Å². The highest BCUT2D eigenvalue weighted by Gasteiger charge is 2.14. The average Bonchev–Trinajstić information content (AvgIpc) is 2.64. The second kappa shape index (κ2) is 7.53. The first kappa shape index (κ1) is 17.2. The maximum absolute atomic E-state index is 12.6. The summed E-state index contributed by atoms with van der Waals surface area (Å²) in [7, 11) is 0. The molecule has 130 valence electrons. The summed E-state index contributed by atoms with van der Waals surface area (Å²) < 4.78 is 0. The normalized spacial score (nSPS) is 10.2. The molecule has 0 saturated heterocycles. The summed E-state index contributed by atoms with van der Waals surface area (Å²) >= 11 is 0. The Balaban J connectivity index is 1.79. The predicted octanol–water partition coefficient (Wildman–Crippen LogP) is 4.08. The largest absolute Gasteiger partial charge is 0.399 e. The third kappa shape index (κ3) is 4.08. The molecule has 3 rings (SSSR count). The van der Waals surface area contributed by atoms with Gasteiger partial charge in [-0.25, -0.2) is 0 Å². The van der Waals surface area contributed by atoms with Gasteiger partial charge in [0.05, 0.1) is 11.3 Å². The third-order valence-electron chi connectivity index (χ3n) is 3.90. The summed E-state index contributed by atoms with van der Waals surface area (Å²) in [5.74, 6) is -0.595. The van der Waals surface area contributed by atoms with E-state index in [4.69, 9.17) is 5.73 Å². The van der Waals surface area contributed by atoms with Crippen LogP contribution in [-0.4, -0.2) is 11.8 Å². The minimum absolute atomic E-state index is 0.290. The quantitative estimate of drug-likeness (QED) is 0.623. The van der Waals surface area contributed by atoms with Gasteiger partial charge in [0.25, 0.3) is 11.8 Å². The van der Waals surface area contributed by atoms with Gasteiger partial charge < -0.3 is 16.4 Å². The summed E-state index contributed by atoms with van der Waals surface area (Å²) in [6, 6.07) is 21.0. The lowest BCUT2D eigenvalue weighted by Crippen LogP contribution is -2.18. The third-order valence-corrected chi connectivity index (χ3v) is 3.90. The molecule has 0 heterocycles. The fourth-order valence-corrected chi connectivity index (χ4v) is 2.45. The number of nitrogen functional groups attached to an aromatic ring is 1. The molecule has 0 radical (unpaired) electrons.